The summed E-state index contributed by atoms with van der Waals surface area (Å²) in [4.78, 5) is 28.0. The van der Waals surface area contributed by atoms with Crippen LogP contribution in [0.4, 0.5) is 5.69 Å². The number of carboxylic acid groups (broad SMARTS) is 1. The fourth-order valence-corrected chi connectivity index (χ4v) is 3.53. The lowest BCUT2D eigenvalue weighted by atomic mass is 10.1. The maximum Gasteiger partial charge on any atom is 0.335 e. The summed E-state index contributed by atoms with van der Waals surface area (Å²) in [7, 11) is 1.52. The number of carboxylic acids is 1. The number of rotatable bonds is 6. The topological polar surface area (TPSA) is 97.8 Å². The Hall–Kier alpha value is -2.29. The van der Waals surface area contributed by atoms with Crippen molar-refractivity contribution in [3.05, 3.63) is 45.4 Å². The van der Waals surface area contributed by atoms with E-state index in [9.17, 15) is 14.7 Å². The first-order valence-electron chi connectivity index (χ1n) is 7.81. The molecule has 1 fully saturated rings. The number of aromatic carboxylic acids is 1. The molecule has 8 heteroatoms. The van der Waals surface area contributed by atoms with E-state index < -0.39 is 5.97 Å². The van der Waals surface area contributed by atoms with Crippen molar-refractivity contribution in [3.8, 4) is 0 Å². The van der Waals surface area contributed by atoms with Gasteiger partial charge in [-0.25, -0.2) is 9.78 Å². The largest absolute Gasteiger partial charge is 0.478 e. The summed E-state index contributed by atoms with van der Waals surface area (Å²) in [5, 5.41) is 14.4. The Kier molecular flexibility index (Phi) is 5.42. The second-order valence-electron chi connectivity index (χ2n) is 5.68. The number of carbonyl (C=O) groups excluding carboxylic acids is 1. The number of anilines is 1. The van der Waals surface area contributed by atoms with Gasteiger partial charge in [-0.1, -0.05) is 0 Å². The minimum Gasteiger partial charge on any atom is -0.478 e. The summed E-state index contributed by atoms with van der Waals surface area (Å²) in [6.45, 7) is 0.972. The van der Waals surface area contributed by atoms with Gasteiger partial charge in [-0.2, -0.15) is 0 Å². The van der Waals surface area contributed by atoms with E-state index in [-0.39, 0.29) is 24.2 Å². The van der Waals surface area contributed by atoms with Crippen LogP contribution in [0.2, 0.25) is 0 Å². The molecule has 1 amide bonds. The van der Waals surface area contributed by atoms with Crippen LogP contribution in [0.1, 0.15) is 50.4 Å². The predicted octanol–water partition coefficient (Wildman–Crippen LogP) is 3.09. The zero-order valence-corrected chi connectivity index (χ0v) is 14.5. The third-order valence-electron chi connectivity index (χ3n) is 3.77. The molecule has 2 heterocycles. The Morgan fingerprint density at radius 1 is 1.44 bits per heavy atom. The van der Waals surface area contributed by atoms with Gasteiger partial charge in [0.2, 0.25) is 0 Å². The number of thiazole rings is 1. The molecular weight excluding hydrogens is 344 g/mol. The van der Waals surface area contributed by atoms with Crippen molar-refractivity contribution in [2.75, 3.05) is 19.0 Å². The number of nitrogens with one attached hydrogen (secondary N) is 1. The molecule has 0 spiro atoms. The summed E-state index contributed by atoms with van der Waals surface area (Å²) in [5.74, 6) is -1.45. The molecule has 1 atom stereocenters. The fraction of sp³-hybridized carbons (Fsp3) is 0.353. The van der Waals surface area contributed by atoms with Crippen molar-refractivity contribution in [3.63, 3.8) is 0 Å². The van der Waals surface area contributed by atoms with Gasteiger partial charge in [-0.15, -0.1) is 11.3 Å². The Bertz CT molecular complexity index is 783. The normalized spacial score (nSPS) is 16.8. The summed E-state index contributed by atoms with van der Waals surface area (Å²) in [6.07, 6.45) is 1.88. The molecule has 0 aliphatic carbocycles. The maximum absolute atomic E-state index is 12.4. The van der Waals surface area contributed by atoms with Crippen molar-refractivity contribution in [1.82, 2.24) is 4.98 Å². The van der Waals surface area contributed by atoms with Gasteiger partial charge in [0.15, 0.2) is 0 Å². The van der Waals surface area contributed by atoms with Gasteiger partial charge < -0.3 is 19.9 Å². The lowest BCUT2D eigenvalue weighted by molar-refractivity contribution is 0.0696. The molecular formula is C17H18N2O5S. The molecule has 1 aliphatic heterocycles. The third kappa shape index (κ3) is 4.22. The lowest BCUT2D eigenvalue weighted by Gasteiger charge is -2.08. The van der Waals surface area contributed by atoms with Crippen LogP contribution in [0.5, 0.6) is 0 Å². The molecule has 0 bridgehead atoms. The molecule has 1 saturated heterocycles. The standard InChI is InChI=1S/C17H18N2O5S/c1-23-8-10-5-11(17(21)22)7-12(6-10)18-15(20)13-9-25-16(19-13)14-3-2-4-24-14/h5-7,9,14H,2-4,8H2,1H3,(H,18,20)(H,21,22). The SMILES string of the molecule is COCc1cc(NC(=O)c2csc(C3CCCO3)n2)cc(C(=O)O)c1. The maximum atomic E-state index is 12.4. The van der Waals surface area contributed by atoms with Crippen molar-refractivity contribution in [1.29, 1.82) is 0 Å². The van der Waals surface area contributed by atoms with Crippen LogP contribution >= 0.6 is 11.3 Å². The van der Waals surface area contributed by atoms with Crippen molar-refractivity contribution < 1.29 is 24.2 Å². The number of ether oxygens (including phenoxy) is 2. The smallest absolute Gasteiger partial charge is 0.335 e. The van der Waals surface area contributed by atoms with E-state index in [4.69, 9.17) is 9.47 Å². The summed E-state index contributed by atoms with van der Waals surface area (Å²) in [6, 6.07) is 4.60. The van der Waals surface area contributed by atoms with Gasteiger partial charge in [0.1, 0.15) is 16.8 Å². The van der Waals surface area contributed by atoms with E-state index in [0.717, 1.165) is 24.5 Å². The van der Waals surface area contributed by atoms with Gasteiger partial charge in [0.25, 0.3) is 5.91 Å². The number of hydrogen-bond donors (Lipinski definition) is 2. The monoisotopic (exact) mass is 362 g/mol. The highest BCUT2D eigenvalue weighted by atomic mass is 32.1. The van der Waals surface area contributed by atoms with E-state index in [1.165, 1.54) is 30.6 Å². The Labute approximate surface area is 148 Å². The van der Waals surface area contributed by atoms with Crippen LogP contribution in [-0.4, -0.2) is 35.7 Å². The molecule has 0 saturated carbocycles. The molecule has 25 heavy (non-hydrogen) atoms. The van der Waals surface area contributed by atoms with Gasteiger partial charge in [-0.3, -0.25) is 4.79 Å². The van der Waals surface area contributed by atoms with Crippen molar-refractivity contribution in [2.45, 2.75) is 25.6 Å². The Morgan fingerprint density at radius 3 is 2.96 bits per heavy atom. The number of amides is 1. The molecule has 3 rings (SSSR count). The lowest BCUT2D eigenvalue weighted by Crippen LogP contribution is -2.14. The Morgan fingerprint density at radius 2 is 2.28 bits per heavy atom. The minimum atomic E-state index is -1.07. The van der Waals surface area contributed by atoms with Crippen LogP contribution in [0, 0.1) is 0 Å². The zero-order valence-electron chi connectivity index (χ0n) is 13.7. The predicted molar refractivity (Wildman–Crippen MR) is 92.1 cm³/mol. The highest BCUT2D eigenvalue weighted by Gasteiger charge is 2.22. The highest BCUT2D eigenvalue weighted by molar-refractivity contribution is 7.09. The van der Waals surface area contributed by atoms with Gasteiger partial charge in [-0.05, 0) is 36.6 Å². The summed E-state index contributed by atoms with van der Waals surface area (Å²) >= 11 is 1.39. The third-order valence-corrected chi connectivity index (χ3v) is 4.71. The first-order valence-corrected chi connectivity index (χ1v) is 8.69. The van der Waals surface area contributed by atoms with E-state index in [1.54, 1.807) is 11.4 Å². The second kappa shape index (κ2) is 7.73. The Balaban J connectivity index is 1.76. The molecule has 1 aliphatic rings. The zero-order chi connectivity index (χ0) is 17.8. The number of benzene rings is 1. The highest BCUT2D eigenvalue weighted by Crippen LogP contribution is 2.30. The molecule has 0 radical (unpaired) electrons. The van der Waals surface area contributed by atoms with Crippen molar-refractivity contribution in [2.24, 2.45) is 0 Å². The van der Waals surface area contributed by atoms with Gasteiger partial charge in [0.05, 0.1) is 12.2 Å². The molecule has 1 aromatic heterocycles. The van der Waals surface area contributed by atoms with Crippen LogP contribution in [-0.2, 0) is 16.1 Å². The van der Waals surface area contributed by atoms with E-state index in [0.29, 0.717) is 16.9 Å². The number of hydrogen-bond acceptors (Lipinski definition) is 6. The minimum absolute atomic E-state index is 0.0322. The number of methoxy groups -OCH3 is 1. The molecule has 7 nitrogen and oxygen atoms in total. The van der Waals surface area contributed by atoms with Gasteiger partial charge >= 0.3 is 5.97 Å². The summed E-state index contributed by atoms with van der Waals surface area (Å²) in [5.41, 5.74) is 1.44. The van der Waals surface area contributed by atoms with Crippen LogP contribution in [0.25, 0.3) is 0 Å². The van der Waals surface area contributed by atoms with Crippen LogP contribution < -0.4 is 5.32 Å². The molecule has 1 unspecified atom stereocenters. The molecule has 2 N–H and O–H groups in total. The average Bonchev–Trinajstić information content (AvgIpc) is 3.26. The average molecular weight is 362 g/mol. The van der Waals surface area contributed by atoms with Gasteiger partial charge in [0, 0.05) is 24.8 Å². The fourth-order valence-electron chi connectivity index (χ4n) is 2.64. The van der Waals surface area contributed by atoms with E-state index in [2.05, 4.69) is 10.3 Å². The van der Waals surface area contributed by atoms with Crippen LogP contribution in [0.3, 0.4) is 0 Å². The van der Waals surface area contributed by atoms with Crippen molar-refractivity contribution >= 4 is 28.9 Å². The van der Waals surface area contributed by atoms with E-state index in [1.807, 2.05) is 0 Å². The molecule has 1 aromatic carbocycles. The number of nitrogens with zero attached hydrogens (tertiary/aromatic N) is 1. The molecule has 132 valence electrons. The number of aromatic nitrogens is 1. The number of carbonyl (C=O) groups is 2. The molecule has 2 aromatic rings. The van der Waals surface area contributed by atoms with Crippen LogP contribution in [0.15, 0.2) is 23.6 Å². The quantitative estimate of drug-likeness (QED) is 0.819. The first-order chi connectivity index (χ1) is 12.1. The first kappa shape index (κ1) is 17.5. The van der Waals surface area contributed by atoms with E-state index >= 15 is 0 Å². The second-order valence-corrected chi connectivity index (χ2v) is 6.57. The summed E-state index contributed by atoms with van der Waals surface area (Å²) < 4.78 is 10.6.